The molecule has 10 heteroatoms. The van der Waals surface area contributed by atoms with Gasteiger partial charge in [-0.05, 0) is 75.0 Å². The van der Waals surface area contributed by atoms with Crippen LogP contribution in [0.4, 0.5) is 10.6 Å². The van der Waals surface area contributed by atoms with Crippen LogP contribution in [0.2, 0.25) is 0 Å². The SMILES string of the molecule is CCNC(=O)Nc1ncc(Br)cc1C(=O)N1CCC(N2CCCC3(C2)CC(C)(C)OC3=O)CC1. The molecule has 1 spiro atoms. The molecular formula is C24H34BrN5O4. The predicted molar refractivity (Wildman–Crippen MR) is 132 cm³/mol. The van der Waals surface area contributed by atoms with E-state index in [-0.39, 0.29) is 17.7 Å². The highest BCUT2D eigenvalue weighted by Crippen LogP contribution is 2.46. The molecule has 3 saturated heterocycles. The van der Waals surface area contributed by atoms with Crippen molar-refractivity contribution in [2.75, 3.05) is 38.0 Å². The summed E-state index contributed by atoms with van der Waals surface area (Å²) in [6, 6.07) is 1.65. The summed E-state index contributed by atoms with van der Waals surface area (Å²) in [5, 5.41) is 5.34. The number of rotatable bonds is 4. The van der Waals surface area contributed by atoms with E-state index in [4.69, 9.17) is 4.74 Å². The van der Waals surface area contributed by atoms with Gasteiger partial charge in [0, 0.05) is 49.3 Å². The van der Waals surface area contributed by atoms with E-state index >= 15 is 0 Å². The first-order valence-electron chi connectivity index (χ1n) is 12.1. The fourth-order valence-corrected chi connectivity index (χ4v) is 6.02. The molecule has 3 aliphatic rings. The molecule has 0 saturated carbocycles. The zero-order valence-electron chi connectivity index (χ0n) is 20.2. The van der Waals surface area contributed by atoms with Crippen LogP contribution in [0.5, 0.6) is 0 Å². The number of anilines is 1. The van der Waals surface area contributed by atoms with E-state index in [1.54, 1.807) is 12.3 Å². The highest BCUT2D eigenvalue weighted by atomic mass is 79.9. The molecule has 3 amide bonds. The van der Waals surface area contributed by atoms with Crippen LogP contribution in [0.3, 0.4) is 0 Å². The molecule has 1 atom stereocenters. The van der Waals surface area contributed by atoms with Gasteiger partial charge in [0.25, 0.3) is 5.91 Å². The number of amides is 3. The van der Waals surface area contributed by atoms with E-state index in [0.717, 1.165) is 45.2 Å². The van der Waals surface area contributed by atoms with Gasteiger partial charge in [0.2, 0.25) is 0 Å². The molecular weight excluding hydrogens is 502 g/mol. The summed E-state index contributed by atoms with van der Waals surface area (Å²) in [7, 11) is 0. The Morgan fingerprint density at radius 3 is 2.65 bits per heavy atom. The quantitative estimate of drug-likeness (QED) is 0.572. The topological polar surface area (TPSA) is 104 Å². The van der Waals surface area contributed by atoms with E-state index in [0.29, 0.717) is 35.7 Å². The Bertz CT molecular complexity index is 963. The van der Waals surface area contributed by atoms with Gasteiger partial charge in [-0.1, -0.05) is 0 Å². The van der Waals surface area contributed by atoms with E-state index in [1.807, 2.05) is 25.7 Å². The minimum atomic E-state index is -0.395. The Morgan fingerprint density at radius 1 is 1.26 bits per heavy atom. The van der Waals surface area contributed by atoms with Crippen LogP contribution in [-0.2, 0) is 9.53 Å². The van der Waals surface area contributed by atoms with Crippen LogP contribution < -0.4 is 10.6 Å². The maximum atomic E-state index is 13.3. The van der Waals surface area contributed by atoms with Gasteiger partial charge in [0.15, 0.2) is 0 Å². The summed E-state index contributed by atoms with van der Waals surface area (Å²) in [6.45, 7) is 9.25. The lowest BCUT2D eigenvalue weighted by atomic mass is 9.74. The van der Waals surface area contributed by atoms with Gasteiger partial charge in [-0.25, -0.2) is 9.78 Å². The van der Waals surface area contributed by atoms with Gasteiger partial charge in [-0.3, -0.25) is 19.8 Å². The van der Waals surface area contributed by atoms with E-state index in [9.17, 15) is 14.4 Å². The summed E-state index contributed by atoms with van der Waals surface area (Å²) in [4.78, 5) is 46.6. The van der Waals surface area contributed by atoms with Crippen molar-refractivity contribution in [1.29, 1.82) is 0 Å². The number of nitrogens with zero attached hydrogens (tertiary/aromatic N) is 3. The standard InChI is InChI=1S/C24H34BrN5O4/c1-4-26-22(33)28-19-18(12-16(25)13-27-19)20(31)29-10-6-17(7-11-29)30-9-5-8-24(15-30)14-23(2,3)34-21(24)32/h12-13,17H,4-11,14-15H2,1-3H3,(H2,26,27,28,33). The van der Waals surface area contributed by atoms with Gasteiger partial charge in [-0.15, -0.1) is 0 Å². The van der Waals surface area contributed by atoms with Gasteiger partial charge >= 0.3 is 12.0 Å². The monoisotopic (exact) mass is 535 g/mol. The van der Waals surface area contributed by atoms with Crippen LogP contribution in [0.1, 0.15) is 63.2 Å². The van der Waals surface area contributed by atoms with Gasteiger partial charge < -0.3 is 15.0 Å². The van der Waals surface area contributed by atoms with Crippen LogP contribution in [0.15, 0.2) is 16.7 Å². The number of ether oxygens (including phenoxy) is 1. The van der Waals surface area contributed by atoms with E-state index in [2.05, 4.69) is 36.4 Å². The second kappa shape index (κ2) is 9.81. The third-order valence-corrected chi connectivity index (χ3v) is 7.53. The number of carbonyl (C=O) groups excluding carboxylic acids is 3. The normalized spacial score (nSPS) is 25.3. The third-order valence-electron chi connectivity index (χ3n) is 7.09. The Hall–Kier alpha value is -2.20. The molecule has 0 aromatic carbocycles. The Balaban J connectivity index is 1.40. The molecule has 4 rings (SSSR count). The summed E-state index contributed by atoms with van der Waals surface area (Å²) >= 11 is 3.38. The molecule has 34 heavy (non-hydrogen) atoms. The summed E-state index contributed by atoms with van der Waals surface area (Å²) < 4.78 is 6.35. The second-order valence-electron chi connectivity index (χ2n) is 10.2. The highest BCUT2D eigenvalue weighted by Gasteiger charge is 2.54. The molecule has 2 N–H and O–H groups in total. The van der Waals surface area contributed by atoms with Crippen LogP contribution in [0, 0.1) is 5.41 Å². The zero-order chi connectivity index (χ0) is 24.5. The fraction of sp³-hybridized carbons (Fsp3) is 0.667. The first-order chi connectivity index (χ1) is 16.1. The van der Waals surface area contributed by atoms with Gasteiger partial charge in [0.05, 0.1) is 11.0 Å². The maximum absolute atomic E-state index is 13.3. The van der Waals surface area contributed by atoms with Gasteiger partial charge in [-0.2, -0.15) is 0 Å². The molecule has 4 heterocycles. The number of piperidine rings is 2. The molecule has 0 aliphatic carbocycles. The van der Waals surface area contributed by atoms with Crippen LogP contribution in [0.25, 0.3) is 0 Å². The van der Waals surface area contributed by atoms with Crippen LogP contribution >= 0.6 is 15.9 Å². The lowest BCUT2D eigenvalue weighted by molar-refractivity contribution is -0.154. The molecule has 3 fully saturated rings. The summed E-state index contributed by atoms with van der Waals surface area (Å²) in [6.07, 6.45) is 5.90. The number of likely N-dealkylation sites (tertiary alicyclic amines) is 2. The molecule has 1 aromatic heterocycles. The van der Waals surface area contributed by atoms with Crippen LogP contribution in [-0.4, -0.2) is 77.1 Å². The second-order valence-corrected chi connectivity index (χ2v) is 11.2. The molecule has 0 radical (unpaired) electrons. The van der Waals surface area contributed by atoms with Crippen molar-refractivity contribution in [2.45, 2.75) is 64.5 Å². The molecule has 9 nitrogen and oxygen atoms in total. The number of aromatic nitrogens is 1. The zero-order valence-corrected chi connectivity index (χ0v) is 21.7. The number of pyridine rings is 1. The Labute approximate surface area is 209 Å². The summed E-state index contributed by atoms with van der Waals surface area (Å²) in [5.41, 5.74) is -0.420. The third kappa shape index (κ3) is 5.22. The molecule has 0 bridgehead atoms. The first kappa shape index (κ1) is 24.9. The van der Waals surface area contributed by atoms with E-state index in [1.165, 1.54) is 0 Å². The Morgan fingerprint density at radius 2 is 2.00 bits per heavy atom. The number of hydrogen-bond donors (Lipinski definition) is 2. The number of hydrogen-bond acceptors (Lipinski definition) is 6. The average molecular weight is 536 g/mol. The largest absolute Gasteiger partial charge is 0.459 e. The number of halogens is 1. The fourth-order valence-electron chi connectivity index (χ4n) is 5.69. The maximum Gasteiger partial charge on any atom is 0.320 e. The number of urea groups is 1. The molecule has 1 unspecified atom stereocenters. The van der Waals surface area contributed by atoms with Crippen molar-refractivity contribution < 1.29 is 19.1 Å². The van der Waals surface area contributed by atoms with Gasteiger partial charge in [0.1, 0.15) is 11.4 Å². The summed E-state index contributed by atoms with van der Waals surface area (Å²) in [5.74, 6) is 0.0565. The Kier molecular flexibility index (Phi) is 7.19. The highest BCUT2D eigenvalue weighted by molar-refractivity contribution is 9.10. The number of esters is 1. The van der Waals surface area contributed by atoms with Crippen molar-refractivity contribution in [3.05, 3.63) is 22.3 Å². The van der Waals surface area contributed by atoms with Crippen molar-refractivity contribution in [1.82, 2.24) is 20.1 Å². The number of cyclic esters (lactones) is 1. The first-order valence-corrected chi connectivity index (χ1v) is 12.9. The molecule has 186 valence electrons. The minimum Gasteiger partial charge on any atom is -0.459 e. The lowest BCUT2D eigenvalue weighted by Crippen LogP contribution is -2.53. The minimum absolute atomic E-state index is 0.0518. The smallest absolute Gasteiger partial charge is 0.320 e. The molecule has 3 aliphatic heterocycles. The van der Waals surface area contributed by atoms with Crippen molar-refractivity contribution in [3.63, 3.8) is 0 Å². The van der Waals surface area contributed by atoms with Crippen molar-refractivity contribution in [3.8, 4) is 0 Å². The van der Waals surface area contributed by atoms with Crippen molar-refractivity contribution >= 4 is 39.7 Å². The van der Waals surface area contributed by atoms with Crippen molar-refractivity contribution in [2.24, 2.45) is 5.41 Å². The predicted octanol–water partition coefficient (Wildman–Crippen LogP) is 3.40. The number of carbonyl (C=O) groups is 3. The average Bonchev–Trinajstić information content (AvgIpc) is 3.01. The van der Waals surface area contributed by atoms with E-state index < -0.39 is 17.0 Å². The number of nitrogens with one attached hydrogen (secondary N) is 2. The lowest BCUT2D eigenvalue weighted by Gasteiger charge is -2.44. The molecule has 1 aromatic rings.